The number of rotatable bonds is 3. The first kappa shape index (κ1) is 17.4. The third-order valence-corrected chi connectivity index (χ3v) is 4.21. The Bertz CT molecular complexity index is 796. The number of benzene rings is 2. The van der Waals surface area contributed by atoms with E-state index in [1.165, 1.54) is 23.1 Å². The van der Waals surface area contributed by atoms with Gasteiger partial charge < -0.3 is 4.90 Å². The predicted molar refractivity (Wildman–Crippen MR) is 80.9 cm³/mol. The molecule has 0 radical (unpaired) electrons. The van der Waals surface area contributed by atoms with Crippen molar-refractivity contribution in [1.82, 2.24) is 4.90 Å². The maximum atomic E-state index is 13.6. The molecular formula is C18H14F5NO. The summed E-state index contributed by atoms with van der Waals surface area (Å²) in [6, 6.07) is 8.45. The lowest BCUT2D eigenvalue weighted by atomic mass is 9.91. The van der Waals surface area contributed by atoms with Crippen LogP contribution in [0.4, 0.5) is 22.0 Å². The average Bonchev–Trinajstić information content (AvgIpc) is 2.52. The molecule has 25 heavy (non-hydrogen) atoms. The summed E-state index contributed by atoms with van der Waals surface area (Å²) in [5.41, 5.74) is -0.513. The van der Waals surface area contributed by atoms with Gasteiger partial charge in [-0.1, -0.05) is 24.3 Å². The number of carbonyl (C=O) groups excluding carboxylic acids is 1. The van der Waals surface area contributed by atoms with Gasteiger partial charge in [0, 0.05) is 13.1 Å². The second kappa shape index (κ2) is 6.46. The Hall–Kier alpha value is -2.44. The largest absolute Gasteiger partial charge is 0.416 e. The molecule has 2 nitrogen and oxygen atoms in total. The van der Waals surface area contributed by atoms with E-state index in [9.17, 15) is 26.7 Å². The van der Waals surface area contributed by atoms with Gasteiger partial charge >= 0.3 is 6.18 Å². The molecule has 7 heteroatoms. The van der Waals surface area contributed by atoms with Crippen molar-refractivity contribution in [1.29, 1.82) is 0 Å². The molecule has 2 aromatic rings. The Morgan fingerprint density at radius 3 is 2.44 bits per heavy atom. The minimum absolute atomic E-state index is 0.0101. The fourth-order valence-corrected chi connectivity index (χ4v) is 2.91. The van der Waals surface area contributed by atoms with Gasteiger partial charge in [-0.15, -0.1) is 0 Å². The van der Waals surface area contributed by atoms with Crippen LogP contribution in [-0.2, 0) is 12.6 Å². The minimum Gasteiger partial charge on any atom is -0.338 e. The number of carbonyl (C=O) groups is 1. The molecule has 0 bridgehead atoms. The summed E-state index contributed by atoms with van der Waals surface area (Å²) >= 11 is 0. The topological polar surface area (TPSA) is 20.3 Å². The Labute approximate surface area is 140 Å². The highest BCUT2D eigenvalue weighted by atomic mass is 19.4. The smallest absolute Gasteiger partial charge is 0.338 e. The van der Waals surface area contributed by atoms with Gasteiger partial charge in [-0.05, 0) is 36.1 Å². The van der Waals surface area contributed by atoms with Crippen LogP contribution in [-0.4, -0.2) is 23.9 Å². The first-order valence-corrected chi connectivity index (χ1v) is 7.65. The average molecular weight is 355 g/mol. The number of halogens is 5. The zero-order valence-electron chi connectivity index (χ0n) is 13.0. The van der Waals surface area contributed by atoms with Crippen molar-refractivity contribution >= 4 is 5.91 Å². The van der Waals surface area contributed by atoms with Crippen LogP contribution in [0, 0.1) is 17.6 Å². The molecule has 2 aromatic carbocycles. The van der Waals surface area contributed by atoms with Crippen LogP contribution in [0.1, 0.15) is 21.5 Å². The van der Waals surface area contributed by atoms with Crippen LogP contribution in [0.25, 0.3) is 0 Å². The molecular weight excluding hydrogens is 341 g/mol. The van der Waals surface area contributed by atoms with Crippen LogP contribution in [0.15, 0.2) is 42.5 Å². The van der Waals surface area contributed by atoms with Crippen molar-refractivity contribution in [2.45, 2.75) is 12.6 Å². The maximum Gasteiger partial charge on any atom is 0.416 e. The normalized spacial score (nSPS) is 15.2. The van der Waals surface area contributed by atoms with Gasteiger partial charge in [-0.2, -0.15) is 13.2 Å². The molecule has 1 saturated heterocycles. The van der Waals surface area contributed by atoms with E-state index < -0.39 is 29.3 Å². The summed E-state index contributed by atoms with van der Waals surface area (Å²) in [4.78, 5) is 13.5. The lowest BCUT2D eigenvalue weighted by molar-refractivity contribution is -0.137. The number of nitrogens with zero attached hydrogens (tertiary/aromatic N) is 1. The van der Waals surface area contributed by atoms with Crippen molar-refractivity contribution in [2.24, 2.45) is 5.92 Å². The molecule has 0 aromatic heterocycles. The molecule has 0 spiro atoms. The van der Waals surface area contributed by atoms with E-state index in [2.05, 4.69) is 0 Å². The van der Waals surface area contributed by atoms with Crippen LogP contribution in [0.5, 0.6) is 0 Å². The summed E-state index contributed by atoms with van der Waals surface area (Å²) in [7, 11) is 0. The molecule has 132 valence electrons. The molecule has 1 aliphatic rings. The van der Waals surface area contributed by atoms with E-state index >= 15 is 0 Å². The number of hydrogen-bond acceptors (Lipinski definition) is 1. The van der Waals surface area contributed by atoms with Crippen molar-refractivity contribution < 1.29 is 26.7 Å². The van der Waals surface area contributed by atoms with Gasteiger partial charge in [-0.25, -0.2) is 8.78 Å². The summed E-state index contributed by atoms with van der Waals surface area (Å²) in [5.74, 6) is -2.90. The van der Waals surface area contributed by atoms with E-state index in [4.69, 9.17) is 0 Å². The van der Waals surface area contributed by atoms with E-state index in [1.54, 1.807) is 6.07 Å². The summed E-state index contributed by atoms with van der Waals surface area (Å²) in [5, 5.41) is 0. The second-order valence-electron chi connectivity index (χ2n) is 6.08. The molecule has 0 N–H and O–H groups in total. The van der Waals surface area contributed by atoms with Crippen molar-refractivity contribution in [3.05, 3.63) is 70.8 Å². The molecule has 3 rings (SSSR count). The quantitative estimate of drug-likeness (QED) is 0.752. The van der Waals surface area contributed by atoms with Crippen molar-refractivity contribution in [3.8, 4) is 0 Å². The molecule has 1 aliphatic heterocycles. The molecule has 1 amide bonds. The van der Waals surface area contributed by atoms with Crippen LogP contribution in [0.3, 0.4) is 0 Å². The van der Waals surface area contributed by atoms with Gasteiger partial charge in [-0.3, -0.25) is 4.79 Å². The van der Waals surface area contributed by atoms with Crippen molar-refractivity contribution in [3.63, 3.8) is 0 Å². The fourth-order valence-electron chi connectivity index (χ4n) is 2.91. The number of alkyl halides is 3. The standard InChI is InChI=1S/C18H14F5NO/c19-15-6-2-5-14(16(15)20)17(25)24-9-12(10-24)7-11-3-1-4-13(8-11)18(21,22)23/h1-6,8,12H,7,9-10H2. The maximum absolute atomic E-state index is 13.6. The lowest BCUT2D eigenvalue weighted by Gasteiger charge is -2.39. The summed E-state index contributed by atoms with van der Waals surface area (Å²) in [6.07, 6.45) is -4.01. The monoisotopic (exact) mass is 355 g/mol. The van der Waals surface area contributed by atoms with E-state index in [1.807, 2.05) is 0 Å². The Kier molecular flexibility index (Phi) is 4.49. The zero-order valence-corrected chi connectivity index (χ0v) is 13.0. The predicted octanol–water partition coefficient (Wildman–Crippen LogP) is 4.30. The first-order valence-electron chi connectivity index (χ1n) is 7.65. The van der Waals surface area contributed by atoms with Gasteiger partial charge in [0.2, 0.25) is 0 Å². The third-order valence-electron chi connectivity index (χ3n) is 4.21. The SMILES string of the molecule is O=C(c1cccc(F)c1F)N1CC(Cc2cccc(C(F)(F)F)c2)C1. The highest BCUT2D eigenvalue weighted by Crippen LogP contribution is 2.31. The van der Waals surface area contributed by atoms with E-state index in [0.717, 1.165) is 18.2 Å². The summed E-state index contributed by atoms with van der Waals surface area (Å²) in [6.45, 7) is 0.593. The highest BCUT2D eigenvalue weighted by Gasteiger charge is 2.34. The Balaban J connectivity index is 1.62. The van der Waals surface area contributed by atoms with Gasteiger partial charge in [0.15, 0.2) is 11.6 Å². The Morgan fingerprint density at radius 2 is 1.76 bits per heavy atom. The first-order chi connectivity index (χ1) is 11.8. The van der Waals surface area contributed by atoms with Crippen LogP contribution in [0.2, 0.25) is 0 Å². The molecule has 0 aliphatic carbocycles. The fraction of sp³-hybridized carbons (Fsp3) is 0.278. The van der Waals surface area contributed by atoms with Crippen molar-refractivity contribution in [2.75, 3.05) is 13.1 Å². The summed E-state index contributed by atoms with van der Waals surface area (Å²) < 4.78 is 65.0. The van der Waals surface area contributed by atoms with Gasteiger partial charge in [0.05, 0.1) is 11.1 Å². The number of amides is 1. The molecule has 0 atom stereocenters. The molecule has 1 heterocycles. The lowest BCUT2D eigenvalue weighted by Crippen LogP contribution is -2.51. The third kappa shape index (κ3) is 3.65. The second-order valence-corrected chi connectivity index (χ2v) is 6.08. The van der Waals surface area contributed by atoms with Crippen LogP contribution >= 0.6 is 0 Å². The van der Waals surface area contributed by atoms with Crippen LogP contribution < -0.4 is 0 Å². The number of likely N-dealkylation sites (tertiary alicyclic amines) is 1. The molecule has 1 fully saturated rings. The minimum atomic E-state index is -4.40. The zero-order chi connectivity index (χ0) is 18.2. The van der Waals surface area contributed by atoms with Gasteiger partial charge in [0.1, 0.15) is 0 Å². The van der Waals surface area contributed by atoms with E-state index in [-0.39, 0.29) is 11.5 Å². The molecule has 0 saturated carbocycles. The number of hydrogen-bond donors (Lipinski definition) is 0. The highest BCUT2D eigenvalue weighted by molar-refractivity contribution is 5.95. The van der Waals surface area contributed by atoms with Gasteiger partial charge in [0.25, 0.3) is 5.91 Å². The molecule has 0 unspecified atom stereocenters. The van der Waals surface area contributed by atoms with E-state index in [0.29, 0.717) is 25.1 Å². The Morgan fingerprint density at radius 1 is 1.08 bits per heavy atom.